The summed E-state index contributed by atoms with van der Waals surface area (Å²) in [5, 5.41) is 14.6. The first-order valence-electron chi connectivity index (χ1n) is 10.2. The molecule has 0 fully saturated rings. The largest absolute Gasteiger partial charge is 0.480 e. The highest BCUT2D eigenvalue weighted by Gasteiger charge is 2.28. The second-order valence-corrected chi connectivity index (χ2v) is 7.32. The number of imidazole rings is 1. The third kappa shape index (κ3) is 8.19. The van der Waals surface area contributed by atoms with Gasteiger partial charge in [-0.1, -0.05) is 30.3 Å². The first-order valence-corrected chi connectivity index (χ1v) is 10.2. The Balaban J connectivity index is 2.08. The molecule has 2 rings (SSSR count). The number of carbonyl (C=O) groups excluding carboxylic acids is 2. The molecule has 0 spiro atoms. The van der Waals surface area contributed by atoms with Crippen LogP contribution in [0.15, 0.2) is 42.9 Å². The average molecular weight is 431 g/mol. The lowest BCUT2D eigenvalue weighted by Gasteiger charge is -2.23. The number of rotatable bonds is 13. The maximum atomic E-state index is 12.9. The average Bonchev–Trinajstić information content (AvgIpc) is 3.26. The highest BCUT2D eigenvalue weighted by atomic mass is 16.4. The zero-order valence-corrected chi connectivity index (χ0v) is 17.3. The number of benzene rings is 1. The minimum Gasteiger partial charge on any atom is -0.480 e. The summed E-state index contributed by atoms with van der Waals surface area (Å²) in [6.07, 6.45) is 4.96. The van der Waals surface area contributed by atoms with Crippen LogP contribution in [0.2, 0.25) is 0 Å². The monoisotopic (exact) mass is 430 g/mol. The summed E-state index contributed by atoms with van der Waals surface area (Å²) >= 11 is 0. The molecule has 0 aliphatic rings. The third-order valence-corrected chi connectivity index (χ3v) is 4.81. The minimum absolute atomic E-state index is 0.199. The van der Waals surface area contributed by atoms with Crippen molar-refractivity contribution in [2.24, 2.45) is 11.5 Å². The lowest BCUT2D eigenvalue weighted by molar-refractivity contribution is -0.142. The van der Waals surface area contributed by atoms with Gasteiger partial charge in [0.2, 0.25) is 11.8 Å². The summed E-state index contributed by atoms with van der Waals surface area (Å²) in [4.78, 5) is 43.8. The molecule has 3 atom stereocenters. The zero-order valence-electron chi connectivity index (χ0n) is 17.3. The molecule has 0 radical (unpaired) electrons. The number of aromatic nitrogens is 2. The number of nitrogens with zero attached hydrogens (tertiary/aromatic N) is 1. The standard InChI is InChI=1S/C21H30N6O4/c22-9-5-4-8-17(21(30)31)26-20(29)18(10-14-6-2-1-3-7-14)27-19(28)16(23)11-15-12-24-13-25-15/h1-3,6-7,12-13,16-18H,4-5,8-11,22-23H2,(H,24,25)(H,26,29)(H,27,28)(H,30,31). The number of aromatic amines is 1. The molecule has 0 aliphatic carbocycles. The molecule has 31 heavy (non-hydrogen) atoms. The summed E-state index contributed by atoms with van der Waals surface area (Å²) in [7, 11) is 0. The second kappa shape index (κ2) is 12.5. The molecular weight excluding hydrogens is 400 g/mol. The number of unbranched alkanes of at least 4 members (excludes halogenated alkanes) is 1. The number of H-pyrrole nitrogens is 1. The summed E-state index contributed by atoms with van der Waals surface area (Å²) in [5.74, 6) is -2.22. The van der Waals surface area contributed by atoms with E-state index in [0.29, 0.717) is 25.1 Å². The number of nitrogens with one attached hydrogen (secondary N) is 3. The Morgan fingerprint density at radius 2 is 1.74 bits per heavy atom. The van der Waals surface area contributed by atoms with Crippen molar-refractivity contribution in [1.29, 1.82) is 0 Å². The predicted octanol–water partition coefficient (Wildman–Crippen LogP) is -0.295. The molecule has 2 amide bonds. The van der Waals surface area contributed by atoms with Crippen LogP contribution in [0.1, 0.15) is 30.5 Å². The Morgan fingerprint density at radius 3 is 2.35 bits per heavy atom. The molecule has 1 aromatic heterocycles. The maximum absolute atomic E-state index is 12.9. The van der Waals surface area contributed by atoms with Crippen molar-refractivity contribution >= 4 is 17.8 Å². The van der Waals surface area contributed by atoms with Crippen LogP contribution in [0, 0.1) is 0 Å². The molecule has 1 heterocycles. The number of carboxylic acid groups (broad SMARTS) is 1. The molecule has 0 saturated carbocycles. The summed E-state index contributed by atoms with van der Waals surface area (Å²) in [6, 6.07) is 6.21. The first-order chi connectivity index (χ1) is 14.9. The number of amides is 2. The fraction of sp³-hybridized carbons (Fsp3) is 0.429. The van der Waals surface area contributed by atoms with E-state index in [1.807, 2.05) is 30.3 Å². The van der Waals surface area contributed by atoms with Crippen molar-refractivity contribution in [1.82, 2.24) is 20.6 Å². The zero-order chi connectivity index (χ0) is 22.6. The van der Waals surface area contributed by atoms with Gasteiger partial charge in [-0.2, -0.15) is 0 Å². The summed E-state index contributed by atoms with van der Waals surface area (Å²) < 4.78 is 0. The quantitative estimate of drug-likeness (QED) is 0.236. The van der Waals surface area contributed by atoms with Gasteiger partial charge in [0, 0.05) is 24.7 Å². The predicted molar refractivity (Wildman–Crippen MR) is 115 cm³/mol. The Bertz CT molecular complexity index is 828. The van der Waals surface area contributed by atoms with E-state index in [-0.39, 0.29) is 19.3 Å². The van der Waals surface area contributed by atoms with E-state index in [2.05, 4.69) is 20.6 Å². The molecule has 0 aliphatic heterocycles. The molecule has 8 N–H and O–H groups in total. The van der Waals surface area contributed by atoms with Crippen molar-refractivity contribution in [2.75, 3.05) is 6.54 Å². The number of hydrogen-bond donors (Lipinski definition) is 6. The van der Waals surface area contributed by atoms with Gasteiger partial charge in [0.15, 0.2) is 0 Å². The lowest BCUT2D eigenvalue weighted by atomic mass is 10.0. The van der Waals surface area contributed by atoms with Gasteiger partial charge in [0.1, 0.15) is 12.1 Å². The normalized spacial score (nSPS) is 13.7. The van der Waals surface area contributed by atoms with Gasteiger partial charge < -0.3 is 32.2 Å². The van der Waals surface area contributed by atoms with Crippen LogP contribution in [-0.4, -0.2) is 57.5 Å². The van der Waals surface area contributed by atoms with Gasteiger partial charge in [-0.15, -0.1) is 0 Å². The van der Waals surface area contributed by atoms with Gasteiger partial charge in [-0.25, -0.2) is 9.78 Å². The highest BCUT2D eigenvalue weighted by Crippen LogP contribution is 2.07. The van der Waals surface area contributed by atoms with E-state index < -0.39 is 35.9 Å². The molecule has 2 aromatic rings. The Kier molecular flexibility index (Phi) is 9.66. The fourth-order valence-corrected chi connectivity index (χ4v) is 3.09. The smallest absolute Gasteiger partial charge is 0.326 e. The number of hydrogen-bond acceptors (Lipinski definition) is 6. The van der Waals surface area contributed by atoms with Crippen molar-refractivity contribution < 1.29 is 19.5 Å². The highest BCUT2D eigenvalue weighted by molar-refractivity contribution is 5.92. The van der Waals surface area contributed by atoms with E-state index in [1.54, 1.807) is 6.20 Å². The molecule has 0 bridgehead atoms. The van der Waals surface area contributed by atoms with Crippen LogP contribution in [0.5, 0.6) is 0 Å². The van der Waals surface area contributed by atoms with Gasteiger partial charge in [-0.05, 0) is 31.4 Å². The second-order valence-electron chi connectivity index (χ2n) is 7.32. The van der Waals surface area contributed by atoms with Crippen molar-refractivity contribution in [2.45, 2.75) is 50.2 Å². The van der Waals surface area contributed by atoms with E-state index in [0.717, 1.165) is 5.56 Å². The maximum Gasteiger partial charge on any atom is 0.326 e. The van der Waals surface area contributed by atoms with Crippen LogP contribution < -0.4 is 22.1 Å². The number of carbonyl (C=O) groups is 3. The molecule has 0 saturated heterocycles. The minimum atomic E-state index is -1.13. The summed E-state index contributed by atoms with van der Waals surface area (Å²) in [6.45, 7) is 0.446. The Morgan fingerprint density at radius 1 is 1.03 bits per heavy atom. The summed E-state index contributed by atoms with van der Waals surface area (Å²) in [5.41, 5.74) is 13.0. The Labute approximate surface area is 180 Å². The van der Waals surface area contributed by atoms with Crippen molar-refractivity contribution in [3.05, 3.63) is 54.1 Å². The van der Waals surface area contributed by atoms with Crippen LogP contribution in [0.4, 0.5) is 0 Å². The van der Waals surface area contributed by atoms with Crippen molar-refractivity contribution in [3.63, 3.8) is 0 Å². The molecule has 3 unspecified atom stereocenters. The number of aliphatic carboxylic acids is 1. The van der Waals surface area contributed by atoms with Crippen LogP contribution in [-0.2, 0) is 27.2 Å². The number of nitrogens with two attached hydrogens (primary N) is 2. The molecule has 10 heteroatoms. The molecule has 1 aromatic carbocycles. The third-order valence-electron chi connectivity index (χ3n) is 4.81. The molecule has 168 valence electrons. The molecular formula is C21H30N6O4. The van der Waals surface area contributed by atoms with Gasteiger partial charge in [-0.3, -0.25) is 9.59 Å². The SMILES string of the molecule is NCCCCC(NC(=O)C(Cc1ccccc1)NC(=O)C(N)Cc1cnc[nH]1)C(=O)O. The molecule has 10 nitrogen and oxygen atoms in total. The van der Waals surface area contributed by atoms with E-state index >= 15 is 0 Å². The van der Waals surface area contributed by atoms with Crippen molar-refractivity contribution in [3.8, 4) is 0 Å². The van der Waals surface area contributed by atoms with Gasteiger partial charge >= 0.3 is 5.97 Å². The number of carboxylic acids is 1. The Hall–Kier alpha value is -3.24. The van der Waals surface area contributed by atoms with Gasteiger partial charge in [0.25, 0.3) is 0 Å². The van der Waals surface area contributed by atoms with E-state index in [4.69, 9.17) is 11.5 Å². The van der Waals surface area contributed by atoms with Crippen LogP contribution in [0.3, 0.4) is 0 Å². The lowest BCUT2D eigenvalue weighted by Crippen LogP contribution is -2.55. The van der Waals surface area contributed by atoms with E-state index in [1.165, 1.54) is 6.33 Å². The first kappa shape index (κ1) is 24.0. The van der Waals surface area contributed by atoms with Crippen LogP contribution >= 0.6 is 0 Å². The topological polar surface area (TPSA) is 176 Å². The van der Waals surface area contributed by atoms with Gasteiger partial charge in [0.05, 0.1) is 12.4 Å². The van der Waals surface area contributed by atoms with Crippen LogP contribution in [0.25, 0.3) is 0 Å². The van der Waals surface area contributed by atoms with E-state index in [9.17, 15) is 19.5 Å². The fourth-order valence-electron chi connectivity index (χ4n) is 3.09.